The summed E-state index contributed by atoms with van der Waals surface area (Å²) in [6.07, 6.45) is 9.72. The Morgan fingerprint density at radius 3 is 1.49 bits per heavy atom. The molecule has 0 saturated heterocycles. The van der Waals surface area contributed by atoms with Crippen LogP contribution in [0.2, 0.25) is 0 Å². The van der Waals surface area contributed by atoms with Crippen LogP contribution in [0.15, 0.2) is 317 Å². The number of aromatic nitrogens is 2. The highest BCUT2D eigenvalue weighted by atomic mass is 15.2. The van der Waals surface area contributed by atoms with Gasteiger partial charge in [0.1, 0.15) is 0 Å². The Morgan fingerprint density at radius 1 is 0.430 bits per heavy atom. The molecule has 1 atom stereocenters. The first-order valence-corrected chi connectivity index (χ1v) is 29.5. The maximum absolute atomic E-state index is 4.03. The van der Waals surface area contributed by atoms with Gasteiger partial charge in [-0.05, 0) is 157 Å². The molecule has 0 radical (unpaired) electrons. The van der Waals surface area contributed by atoms with Crippen LogP contribution in [0, 0.1) is 0 Å². The van der Waals surface area contributed by atoms with Crippen LogP contribution in [0.25, 0.3) is 129 Å². The zero-order valence-corrected chi connectivity index (χ0v) is 48.2. The molecule has 410 valence electrons. The summed E-state index contributed by atoms with van der Waals surface area (Å²) in [5.74, 6) is 0. The number of benzene rings is 12. The van der Waals surface area contributed by atoms with Gasteiger partial charge in [-0.15, -0.1) is 0 Å². The van der Waals surface area contributed by atoms with Gasteiger partial charge >= 0.3 is 0 Å². The largest absolute Gasteiger partial charge is 0.332 e. The molecule has 0 fully saturated rings. The van der Waals surface area contributed by atoms with Crippen molar-refractivity contribution in [2.24, 2.45) is 0 Å². The Morgan fingerprint density at radius 2 is 0.895 bits per heavy atom. The average Bonchev–Trinajstić information content (AvgIpc) is 1.68. The molecule has 1 aliphatic rings. The van der Waals surface area contributed by atoms with E-state index in [0.29, 0.717) is 0 Å². The Hall–Kier alpha value is -11.0. The number of nitrogens with zero attached hydrogens (tertiary/aromatic N) is 3. The zero-order chi connectivity index (χ0) is 58.3. The molecule has 0 N–H and O–H groups in total. The Balaban J connectivity index is 0.000000380. The maximum Gasteiger partial charge on any atom is 0.0643 e. The van der Waals surface area contributed by atoms with Crippen molar-refractivity contribution in [3.05, 3.63) is 333 Å². The number of hydrogen-bond acceptors (Lipinski definition) is 1. The molecule has 12 aromatic carbocycles. The second-order valence-corrected chi connectivity index (χ2v) is 22.6. The molecule has 3 heteroatoms. The molecule has 0 amide bonds. The van der Waals surface area contributed by atoms with E-state index >= 15 is 0 Å². The molecule has 14 aromatic rings. The van der Waals surface area contributed by atoms with Crippen molar-refractivity contribution < 1.29 is 0 Å². The summed E-state index contributed by atoms with van der Waals surface area (Å²) >= 11 is 0. The van der Waals surface area contributed by atoms with Crippen LogP contribution < -0.4 is 15.5 Å². The molecule has 2 aromatic heterocycles. The molecule has 0 aliphatic heterocycles. The number of rotatable bonds is 11. The third kappa shape index (κ3) is 9.65. The fraction of sp³-hybridized carbons (Fsp3) is 0.0361. The van der Waals surface area contributed by atoms with Gasteiger partial charge in [-0.1, -0.05) is 263 Å². The lowest BCUT2D eigenvalue weighted by atomic mass is 9.85. The van der Waals surface area contributed by atoms with Gasteiger partial charge in [0.2, 0.25) is 0 Å². The lowest BCUT2D eigenvalue weighted by Crippen LogP contribution is -2.42. The lowest BCUT2D eigenvalue weighted by molar-refractivity contribution is 0.571. The summed E-state index contributed by atoms with van der Waals surface area (Å²) in [5.41, 5.74) is 19.7. The van der Waals surface area contributed by atoms with Crippen LogP contribution in [0.5, 0.6) is 0 Å². The van der Waals surface area contributed by atoms with Crippen molar-refractivity contribution in [1.29, 1.82) is 0 Å². The fourth-order valence-electron chi connectivity index (χ4n) is 12.9. The second-order valence-electron chi connectivity index (χ2n) is 22.6. The average molecular weight is 1100 g/mol. The third-order valence-corrected chi connectivity index (χ3v) is 17.4. The van der Waals surface area contributed by atoms with Crippen LogP contribution in [-0.2, 0) is 0 Å². The minimum Gasteiger partial charge on any atom is -0.332 e. The van der Waals surface area contributed by atoms with E-state index in [1.807, 2.05) is 28.8 Å². The molecule has 0 bridgehead atoms. The SMILES string of the molecule is C=CC(=C)n1c(=C)c(=C)c2ccccc21.CC1(N(c2ccc(-c3cccc4ccccc34)cc2)c2ccc(-c3cccc4ccccc34)cc2)C=CC(c2ccc(-c3ccc4c(c3)c3ccccc3n4-c3ccc(-c4ccccc4)cc3)cc2)=CC1. The molecule has 15 rings (SSSR count). The van der Waals surface area contributed by atoms with E-state index in [2.05, 4.69) is 316 Å². The van der Waals surface area contributed by atoms with Gasteiger partial charge in [0, 0.05) is 49.5 Å². The number of fused-ring (bicyclic) bond motifs is 6. The minimum atomic E-state index is -0.329. The summed E-state index contributed by atoms with van der Waals surface area (Å²) in [6.45, 7) is 18.1. The van der Waals surface area contributed by atoms with E-state index in [0.717, 1.165) is 50.7 Å². The summed E-state index contributed by atoms with van der Waals surface area (Å²) in [6, 6.07) is 101. The highest BCUT2D eigenvalue weighted by Crippen LogP contribution is 2.43. The smallest absolute Gasteiger partial charge is 0.0643 e. The molecule has 2 heterocycles. The van der Waals surface area contributed by atoms with E-state index < -0.39 is 0 Å². The molecule has 0 spiro atoms. The van der Waals surface area contributed by atoms with Crippen molar-refractivity contribution in [2.45, 2.75) is 18.9 Å². The summed E-state index contributed by atoms with van der Waals surface area (Å²) in [5, 5.41) is 10.5. The first-order chi connectivity index (χ1) is 42.2. The topological polar surface area (TPSA) is 13.1 Å². The quantitative estimate of drug-likeness (QED) is 0.118. The highest BCUT2D eigenvalue weighted by molar-refractivity contribution is 6.10. The van der Waals surface area contributed by atoms with E-state index in [4.69, 9.17) is 0 Å². The van der Waals surface area contributed by atoms with Gasteiger partial charge in [0.25, 0.3) is 0 Å². The van der Waals surface area contributed by atoms with Crippen molar-refractivity contribution in [3.63, 3.8) is 0 Å². The number of anilines is 2. The van der Waals surface area contributed by atoms with Crippen LogP contribution in [-0.4, -0.2) is 14.7 Å². The summed E-state index contributed by atoms with van der Waals surface area (Å²) in [4.78, 5) is 2.52. The third-order valence-electron chi connectivity index (χ3n) is 17.4. The maximum atomic E-state index is 4.03. The second kappa shape index (κ2) is 22.3. The first-order valence-electron chi connectivity index (χ1n) is 29.5. The van der Waals surface area contributed by atoms with E-state index in [1.165, 1.54) is 99.0 Å². The number of para-hydroxylation sites is 2. The Labute approximate surface area is 503 Å². The van der Waals surface area contributed by atoms with Crippen molar-refractivity contribution in [2.75, 3.05) is 4.90 Å². The van der Waals surface area contributed by atoms with Crippen molar-refractivity contribution in [1.82, 2.24) is 9.13 Å². The van der Waals surface area contributed by atoms with Crippen LogP contribution >= 0.6 is 0 Å². The van der Waals surface area contributed by atoms with E-state index in [-0.39, 0.29) is 5.54 Å². The molecule has 1 unspecified atom stereocenters. The van der Waals surface area contributed by atoms with E-state index in [1.54, 1.807) is 6.08 Å². The highest BCUT2D eigenvalue weighted by Gasteiger charge is 2.32. The van der Waals surface area contributed by atoms with Crippen LogP contribution in [0.1, 0.15) is 18.9 Å². The molecular formula is C83H63N3. The monoisotopic (exact) mass is 1100 g/mol. The number of hydrogen-bond donors (Lipinski definition) is 0. The fourth-order valence-corrected chi connectivity index (χ4v) is 12.9. The normalized spacial score (nSPS) is 13.8. The van der Waals surface area contributed by atoms with E-state index in [9.17, 15) is 0 Å². The van der Waals surface area contributed by atoms with Gasteiger partial charge in [-0.3, -0.25) is 0 Å². The lowest BCUT2D eigenvalue weighted by Gasteiger charge is -2.42. The predicted octanol–water partition coefficient (Wildman–Crippen LogP) is 20.8. The van der Waals surface area contributed by atoms with Crippen molar-refractivity contribution >= 4 is 90.1 Å². The van der Waals surface area contributed by atoms with Gasteiger partial charge in [0.05, 0.1) is 22.1 Å². The zero-order valence-electron chi connectivity index (χ0n) is 48.2. The molecule has 1 aliphatic carbocycles. The molecule has 3 nitrogen and oxygen atoms in total. The Bertz CT molecular complexity index is 4940. The van der Waals surface area contributed by atoms with Crippen LogP contribution in [0.3, 0.4) is 0 Å². The van der Waals surface area contributed by atoms with Crippen molar-refractivity contribution in [3.8, 4) is 50.2 Å². The first kappa shape index (κ1) is 53.0. The number of allylic oxidation sites excluding steroid dienone is 4. The minimum absolute atomic E-state index is 0.329. The Kier molecular flexibility index (Phi) is 13.7. The van der Waals surface area contributed by atoms with Gasteiger partial charge < -0.3 is 14.0 Å². The standard InChI is InChI=1S/C69H50N2.C14H13N/c1-69(71(59-38-31-55(32-39-59)63-22-11-17-53-15-5-7-19-61(53)63)60-40-33-56(34-41-60)64-23-12-18-54-16-6-8-20-62(54)64)45-43-52(44-46-69)49-25-27-51(28-26-49)57-35-42-68-66(47-57)65-21-9-10-24-67(65)70(68)58-36-29-50(30-37-58)48-13-3-2-4-14-48;1-5-10(2)15-12(4)11(3)13-8-6-7-9-14(13)15/h2-45,47H,46H2,1H3;5-9H,1-4H2. The summed E-state index contributed by atoms with van der Waals surface area (Å²) < 4.78 is 4.37. The summed E-state index contributed by atoms with van der Waals surface area (Å²) in [7, 11) is 0. The molecule has 0 saturated carbocycles. The van der Waals surface area contributed by atoms with Crippen LogP contribution in [0.4, 0.5) is 11.4 Å². The predicted molar refractivity (Wildman–Crippen MR) is 370 cm³/mol. The van der Waals surface area contributed by atoms with Gasteiger partial charge in [0.15, 0.2) is 0 Å². The van der Waals surface area contributed by atoms with Gasteiger partial charge in [-0.2, -0.15) is 0 Å². The molecule has 86 heavy (non-hydrogen) atoms. The van der Waals surface area contributed by atoms with Gasteiger partial charge in [-0.25, -0.2) is 0 Å². The molecular weight excluding hydrogens is 1040 g/mol.